The summed E-state index contributed by atoms with van der Waals surface area (Å²) >= 11 is 0. The molecule has 0 spiro atoms. The predicted octanol–water partition coefficient (Wildman–Crippen LogP) is 4.05. The Balaban J connectivity index is 1.41. The highest BCUT2D eigenvalue weighted by Gasteiger charge is 2.34. The van der Waals surface area contributed by atoms with Crippen LogP contribution in [0.5, 0.6) is 0 Å². The molecule has 34 heavy (non-hydrogen) atoms. The molecule has 0 radical (unpaired) electrons. The highest BCUT2D eigenvalue weighted by atomic mass is 16.2. The van der Waals surface area contributed by atoms with Crippen LogP contribution in [0.3, 0.4) is 0 Å². The maximum absolute atomic E-state index is 12.7. The van der Waals surface area contributed by atoms with Crippen molar-refractivity contribution < 1.29 is 9.59 Å². The van der Waals surface area contributed by atoms with Gasteiger partial charge in [0.1, 0.15) is 0 Å². The van der Waals surface area contributed by atoms with Crippen molar-refractivity contribution in [3.8, 4) is 0 Å². The van der Waals surface area contributed by atoms with E-state index in [9.17, 15) is 9.59 Å². The zero-order chi connectivity index (χ0) is 23.5. The second-order valence-electron chi connectivity index (χ2n) is 9.48. The van der Waals surface area contributed by atoms with E-state index in [2.05, 4.69) is 71.6 Å². The molecule has 2 amide bonds. The number of carbonyl (C=O) groups excluding carboxylic acids is 2. The van der Waals surface area contributed by atoms with Gasteiger partial charge in [0.25, 0.3) is 0 Å². The highest BCUT2D eigenvalue weighted by Crippen LogP contribution is 2.34. The van der Waals surface area contributed by atoms with E-state index >= 15 is 0 Å². The van der Waals surface area contributed by atoms with Gasteiger partial charge in [0.15, 0.2) is 0 Å². The number of nitrogens with zero attached hydrogens (tertiary/aromatic N) is 3. The standard InChI is InChI=1S/C29H31N3O2/c1-30-20-28(33)32(29(34)21-30)27-14-8-13-24-17-25(15-16-26(24)27)31(18-22-9-4-2-5-10-22)19-23-11-6-3-7-12-23/h2-14,25H,15-21H2,1H3/t25-/m0/s1. The molecule has 5 rings (SSSR count). The van der Waals surface area contributed by atoms with Crippen LogP contribution >= 0.6 is 0 Å². The number of hydrogen-bond acceptors (Lipinski definition) is 4. The van der Waals surface area contributed by atoms with Gasteiger partial charge in [-0.2, -0.15) is 0 Å². The predicted molar refractivity (Wildman–Crippen MR) is 134 cm³/mol. The minimum absolute atomic E-state index is 0.135. The number of amides is 2. The molecule has 5 heteroatoms. The molecule has 0 aromatic heterocycles. The van der Waals surface area contributed by atoms with Crippen molar-refractivity contribution in [3.05, 3.63) is 101 Å². The van der Waals surface area contributed by atoms with E-state index in [1.807, 2.05) is 19.2 Å². The van der Waals surface area contributed by atoms with Gasteiger partial charge in [-0.1, -0.05) is 72.8 Å². The fraction of sp³-hybridized carbons (Fsp3) is 0.310. The second-order valence-corrected chi connectivity index (χ2v) is 9.48. The topological polar surface area (TPSA) is 43.9 Å². The van der Waals surface area contributed by atoms with Crippen LogP contribution in [0.2, 0.25) is 0 Å². The number of benzene rings is 3. The third-order valence-electron chi connectivity index (χ3n) is 6.95. The Morgan fingerprint density at radius 3 is 1.97 bits per heavy atom. The van der Waals surface area contributed by atoms with Crippen molar-refractivity contribution in [2.24, 2.45) is 0 Å². The fourth-order valence-electron chi connectivity index (χ4n) is 5.31. The molecular weight excluding hydrogens is 422 g/mol. The van der Waals surface area contributed by atoms with Crippen LogP contribution in [-0.4, -0.2) is 47.8 Å². The van der Waals surface area contributed by atoms with Crippen LogP contribution in [0.1, 0.15) is 28.7 Å². The fourth-order valence-corrected chi connectivity index (χ4v) is 5.31. The first-order chi connectivity index (χ1) is 16.6. The lowest BCUT2D eigenvalue weighted by Gasteiger charge is -2.38. The normalized spacial score (nSPS) is 18.9. The number of hydrogen-bond donors (Lipinski definition) is 0. The smallest absolute Gasteiger partial charge is 0.247 e. The van der Waals surface area contributed by atoms with Crippen molar-refractivity contribution >= 4 is 17.5 Å². The van der Waals surface area contributed by atoms with Crippen molar-refractivity contribution in [2.75, 3.05) is 25.0 Å². The molecule has 0 saturated carbocycles. The maximum Gasteiger partial charge on any atom is 0.247 e. The largest absolute Gasteiger partial charge is 0.292 e. The summed E-state index contributed by atoms with van der Waals surface area (Å²) in [7, 11) is 1.81. The molecule has 3 aromatic carbocycles. The molecule has 3 aromatic rings. The molecule has 1 atom stereocenters. The lowest BCUT2D eigenvalue weighted by atomic mass is 9.85. The van der Waals surface area contributed by atoms with Crippen LogP contribution in [-0.2, 0) is 35.5 Å². The molecule has 174 valence electrons. The number of imide groups is 1. The summed E-state index contributed by atoms with van der Waals surface area (Å²) in [5, 5.41) is 0. The van der Waals surface area contributed by atoms with Crippen LogP contribution < -0.4 is 4.90 Å². The molecular formula is C29H31N3O2. The van der Waals surface area contributed by atoms with E-state index in [-0.39, 0.29) is 24.9 Å². The zero-order valence-electron chi connectivity index (χ0n) is 19.7. The summed E-state index contributed by atoms with van der Waals surface area (Å²) in [6, 6.07) is 27.8. The van der Waals surface area contributed by atoms with Crippen LogP contribution in [0.15, 0.2) is 78.9 Å². The molecule has 1 saturated heterocycles. The van der Waals surface area contributed by atoms with E-state index < -0.39 is 0 Å². The number of piperazine rings is 1. The van der Waals surface area contributed by atoms with Crippen molar-refractivity contribution in [2.45, 2.75) is 38.4 Å². The van der Waals surface area contributed by atoms with Crippen LogP contribution in [0.4, 0.5) is 5.69 Å². The van der Waals surface area contributed by atoms with Crippen molar-refractivity contribution in [3.63, 3.8) is 0 Å². The monoisotopic (exact) mass is 453 g/mol. The number of carbonyl (C=O) groups is 2. The molecule has 1 aliphatic heterocycles. The van der Waals surface area contributed by atoms with E-state index in [1.165, 1.54) is 21.6 Å². The van der Waals surface area contributed by atoms with Crippen LogP contribution in [0, 0.1) is 0 Å². The van der Waals surface area contributed by atoms with Gasteiger partial charge in [-0.3, -0.25) is 19.4 Å². The first kappa shape index (κ1) is 22.5. The first-order valence-corrected chi connectivity index (χ1v) is 12.1. The van der Waals surface area contributed by atoms with Gasteiger partial charge in [0.05, 0.1) is 18.8 Å². The van der Waals surface area contributed by atoms with Crippen LogP contribution in [0.25, 0.3) is 0 Å². The summed E-state index contributed by atoms with van der Waals surface area (Å²) in [6.45, 7) is 2.34. The van der Waals surface area contributed by atoms with E-state index in [4.69, 9.17) is 0 Å². The summed E-state index contributed by atoms with van der Waals surface area (Å²) in [5.74, 6) is -0.270. The Labute approximate surface area is 201 Å². The van der Waals surface area contributed by atoms with Gasteiger partial charge in [0, 0.05) is 19.1 Å². The molecule has 1 aliphatic carbocycles. The second kappa shape index (κ2) is 9.92. The third kappa shape index (κ3) is 4.81. The van der Waals surface area contributed by atoms with Gasteiger partial charge >= 0.3 is 0 Å². The van der Waals surface area contributed by atoms with Crippen molar-refractivity contribution in [1.29, 1.82) is 0 Å². The SMILES string of the molecule is CN1CC(=O)N(c2cccc3c2CC[C@H](N(Cc2ccccc2)Cc2ccccc2)C3)C(=O)C1. The first-order valence-electron chi connectivity index (χ1n) is 12.1. The number of rotatable bonds is 6. The lowest BCUT2D eigenvalue weighted by Crippen LogP contribution is -2.53. The summed E-state index contributed by atoms with van der Waals surface area (Å²) < 4.78 is 0. The van der Waals surface area contributed by atoms with Gasteiger partial charge < -0.3 is 0 Å². The average molecular weight is 454 g/mol. The number of likely N-dealkylation sites (N-methyl/N-ethyl adjacent to an activating group) is 1. The van der Waals surface area contributed by atoms with Gasteiger partial charge in [-0.05, 0) is 54.6 Å². The lowest BCUT2D eigenvalue weighted by molar-refractivity contribution is -0.131. The van der Waals surface area contributed by atoms with E-state index in [0.29, 0.717) is 6.04 Å². The Kier molecular flexibility index (Phi) is 6.57. The molecule has 0 unspecified atom stereocenters. The molecule has 0 bridgehead atoms. The van der Waals surface area contributed by atoms with Gasteiger partial charge in [0.2, 0.25) is 11.8 Å². The molecule has 1 fully saturated rings. The number of fused-ring (bicyclic) bond motifs is 1. The Morgan fingerprint density at radius 1 is 0.794 bits per heavy atom. The Hall–Kier alpha value is -3.28. The summed E-state index contributed by atoms with van der Waals surface area (Å²) in [5.41, 5.74) is 5.82. The minimum Gasteiger partial charge on any atom is -0.292 e. The van der Waals surface area contributed by atoms with E-state index in [0.717, 1.165) is 43.6 Å². The zero-order valence-corrected chi connectivity index (χ0v) is 19.7. The van der Waals surface area contributed by atoms with E-state index in [1.54, 1.807) is 4.90 Å². The molecule has 5 nitrogen and oxygen atoms in total. The van der Waals surface area contributed by atoms with Crippen molar-refractivity contribution in [1.82, 2.24) is 9.80 Å². The maximum atomic E-state index is 12.7. The number of anilines is 1. The quantitative estimate of drug-likeness (QED) is 0.528. The third-order valence-corrected chi connectivity index (χ3v) is 6.95. The molecule has 1 heterocycles. The Bertz CT molecular complexity index is 1100. The minimum atomic E-state index is -0.135. The summed E-state index contributed by atoms with van der Waals surface area (Å²) in [4.78, 5) is 31.2. The van der Waals surface area contributed by atoms with Gasteiger partial charge in [-0.15, -0.1) is 0 Å². The molecule has 0 N–H and O–H groups in total. The average Bonchev–Trinajstić information content (AvgIpc) is 2.84. The molecule has 2 aliphatic rings. The highest BCUT2D eigenvalue weighted by molar-refractivity contribution is 6.18. The Morgan fingerprint density at radius 2 is 1.38 bits per heavy atom. The van der Waals surface area contributed by atoms with Gasteiger partial charge in [-0.25, -0.2) is 4.90 Å². The summed E-state index contributed by atoms with van der Waals surface area (Å²) in [6.07, 6.45) is 2.78.